The lowest BCUT2D eigenvalue weighted by atomic mass is 9.50. The summed E-state index contributed by atoms with van der Waals surface area (Å²) in [5.74, 6) is 3.96. The molecule has 1 nitrogen and oxygen atoms in total. The predicted molar refractivity (Wildman–Crippen MR) is 49.6 cm³/mol. The van der Waals surface area contributed by atoms with Crippen molar-refractivity contribution in [3.8, 4) is 0 Å². The molecule has 4 rings (SSSR count). The van der Waals surface area contributed by atoms with Crippen molar-refractivity contribution in [1.29, 1.82) is 0 Å². The van der Waals surface area contributed by atoms with Crippen molar-refractivity contribution >= 4 is 0 Å². The molecular formula is C11H19N. The maximum Gasteiger partial charge on any atom is 0.0162 e. The molecule has 0 saturated heterocycles. The Hall–Kier alpha value is -0.0400. The van der Waals surface area contributed by atoms with Gasteiger partial charge in [0.2, 0.25) is 0 Å². The minimum absolute atomic E-state index is 0.281. The lowest BCUT2D eigenvalue weighted by Gasteiger charge is -2.58. The zero-order chi connectivity index (χ0) is 8.34. The zero-order valence-corrected chi connectivity index (χ0v) is 7.92. The van der Waals surface area contributed by atoms with E-state index in [2.05, 4.69) is 6.92 Å². The molecule has 2 N–H and O–H groups in total. The summed E-state index contributed by atoms with van der Waals surface area (Å²) in [7, 11) is 0. The van der Waals surface area contributed by atoms with Gasteiger partial charge < -0.3 is 5.73 Å². The van der Waals surface area contributed by atoms with Crippen LogP contribution in [0.15, 0.2) is 0 Å². The van der Waals surface area contributed by atoms with E-state index in [-0.39, 0.29) is 5.54 Å². The fourth-order valence-corrected chi connectivity index (χ4v) is 4.34. The van der Waals surface area contributed by atoms with Crippen LogP contribution in [0.5, 0.6) is 0 Å². The topological polar surface area (TPSA) is 26.0 Å². The van der Waals surface area contributed by atoms with Gasteiger partial charge in [-0.3, -0.25) is 0 Å². The minimum atomic E-state index is 0.281. The summed E-state index contributed by atoms with van der Waals surface area (Å²) in [6.07, 6.45) is 7.00. The van der Waals surface area contributed by atoms with E-state index < -0.39 is 0 Å². The average Bonchev–Trinajstić information content (AvgIpc) is 1.96. The van der Waals surface area contributed by atoms with Gasteiger partial charge in [-0.15, -0.1) is 0 Å². The van der Waals surface area contributed by atoms with Crippen molar-refractivity contribution in [3.05, 3.63) is 0 Å². The second-order valence-electron chi connectivity index (χ2n) is 5.69. The second-order valence-corrected chi connectivity index (χ2v) is 5.69. The number of hydrogen-bond acceptors (Lipinski definition) is 1. The normalized spacial score (nSPS) is 62.5. The second kappa shape index (κ2) is 2.06. The fraction of sp³-hybridized carbons (Fsp3) is 1.00. The summed E-state index contributed by atoms with van der Waals surface area (Å²) in [5.41, 5.74) is 6.66. The van der Waals surface area contributed by atoms with Crippen LogP contribution in [0.1, 0.15) is 39.0 Å². The first-order valence-electron chi connectivity index (χ1n) is 5.45. The first-order valence-corrected chi connectivity index (χ1v) is 5.45. The largest absolute Gasteiger partial charge is 0.325 e. The SMILES string of the molecule is CC1C2CC3CC1CC(N)(C3)C2. The van der Waals surface area contributed by atoms with E-state index >= 15 is 0 Å². The van der Waals surface area contributed by atoms with Crippen molar-refractivity contribution in [1.82, 2.24) is 0 Å². The van der Waals surface area contributed by atoms with Crippen LogP contribution in [0.2, 0.25) is 0 Å². The summed E-state index contributed by atoms with van der Waals surface area (Å²) in [6, 6.07) is 0. The molecule has 0 aromatic rings. The predicted octanol–water partition coefficient (Wildman–Crippen LogP) is 2.16. The van der Waals surface area contributed by atoms with Gasteiger partial charge in [0.1, 0.15) is 0 Å². The molecule has 2 unspecified atom stereocenters. The average molecular weight is 165 g/mol. The molecule has 0 heterocycles. The van der Waals surface area contributed by atoms with Crippen LogP contribution in [0.4, 0.5) is 0 Å². The minimum Gasteiger partial charge on any atom is -0.325 e. The molecule has 4 saturated carbocycles. The van der Waals surface area contributed by atoms with Crippen LogP contribution in [-0.4, -0.2) is 5.54 Å². The van der Waals surface area contributed by atoms with Crippen molar-refractivity contribution in [2.24, 2.45) is 29.4 Å². The molecule has 0 radical (unpaired) electrons. The van der Waals surface area contributed by atoms with Gasteiger partial charge in [0.25, 0.3) is 0 Å². The highest BCUT2D eigenvalue weighted by atomic mass is 14.8. The van der Waals surface area contributed by atoms with Gasteiger partial charge in [-0.05, 0) is 55.8 Å². The molecule has 0 aromatic heterocycles. The summed E-state index contributed by atoms with van der Waals surface area (Å²) < 4.78 is 0. The van der Waals surface area contributed by atoms with Crippen LogP contribution in [0, 0.1) is 23.7 Å². The maximum absolute atomic E-state index is 6.38. The zero-order valence-electron chi connectivity index (χ0n) is 7.92. The molecule has 1 heteroatoms. The van der Waals surface area contributed by atoms with E-state index in [1.165, 1.54) is 32.1 Å². The Balaban J connectivity index is 1.95. The Morgan fingerprint density at radius 3 is 2.17 bits per heavy atom. The fourth-order valence-electron chi connectivity index (χ4n) is 4.34. The molecule has 4 aliphatic rings. The molecule has 4 aliphatic carbocycles. The Kier molecular flexibility index (Phi) is 1.27. The third-order valence-electron chi connectivity index (χ3n) is 4.79. The Morgan fingerprint density at radius 1 is 1.08 bits per heavy atom. The lowest BCUT2D eigenvalue weighted by Crippen LogP contribution is -2.58. The number of rotatable bonds is 0. The Bertz CT molecular complexity index is 195. The van der Waals surface area contributed by atoms with Crippen LogP contribution in [-0.2, 0) is 0 Å². The highest BCUT2D eigenvalue weighted by Gasteiger charge is 2.52. The number of hydrogen-bond donors (Lipinski definition) is 1. The monoisotopic (exact) mass is 165 g/mol. The Morgan fingerprint density at radius 2 is 1.67 bits per heavy atom. The molecule has 4 bridgehead atoms. The summed E-state index contributed by atoms with van der Waals surface area (Å²) in [4.78, 5) is 0. The van der Waals surface area contributed by atoms with Crippen LogP contribution >= 0.6 is 0 Å². The van der Waals surface area contributed by atoms with E-state index in [0.717, 1.165) is 23.7 Å². The molecule has 0 aliphatic heterocycles. The quantitative estimate of drug-likeness (QED) is 0.585. The van der Waals surface area contributed by atoms with Gasteiger partial charge >= 0.3 is 0 Å². The molecule has 0 amide bonds. The Labute approximate surface area is 74.7 Å². The van der Waals surface area contributed by atoms with Crippen molar-refractivity contribution < 1.29 is 0 Å². The van der Waals surface area contributed by atoms with E-state index in [1.807, 2.05) is 0 Å². The van der Waals surface area contributed by atoms with Gasteiger partial charge in [-0.25, -0.2) is 0 Å². The highest BCUT2D eigenvalue weighted by Crippen LogP contribution is 2.57. The van der Waals surface area contributed by atoms with E-state index in [9.17, 15) is 0 Å². The summed E-state index contributed by atoms with van der Waals surface area (Å²) in [5, 5.41) is 0. The van der Waals surface area contributed by atoms with Gasteiger partial charge in [0, 0.05) is 5.54 Å². The van der Waals surface area contributed by atoms with E-state index in [1.54, 1.807) is 0 Å². The smallest absolute Gasteiger partial charge is 0.0162 e. The maximum atomic E-state index is 6.38. The first kappa shape index (κ1) is 7.37. The van der Waals surface area contributed by atoms with E-state index in [4.69, 9.17) is 5.73 Å². The molecule has 0 spiro atoms. The van der Waals surface area contributed by atoms with E-state index in [0.29, 0.717) is 0 Å². The first-order chi connectivity index (χ1) is 5.66. The third kappa shape index (κ3) is 0.834. The van der Waals surface area contributed by atoms with Crippen LogP contribution in [0.25, 0.3) is 0 Å². The molecule has 0 aromatic carbocycles. The van der Waals surface area contributed by atoms with Crippen molar-refractivity contribution in [2.75, 3.05) is 0 Å². The summed E-state index contributed by atoms with van der Waals surface area (Å²) in [6.45, 7) is 2.45. The molecule has 68 valence electrons. The number of nitrogens with two attached hydrogens (primary N) is 1. The van der Waals surface area contributed by atoms with Crippen molar-refractivity contribution in [3.63, 3.8) is 0 Å². The molecular weight excluding hydrogens is 146 g/mol. The lowest BCUT2D eigenvalue weighted by molar-refractivity contribution is -0.0437. The molecule has 4 fully saturated rings. The van der Waals surface area contributed by atoms with Gasteiger partial charge in [0.05, 0.1) is 0 Å². The summed E-state index contributed by atoms with van der Waals surface area (Å²) >= 11 is 0. The van der Waals surface area contributed by atoms with Gasteiger partial charge in [-0.2, -0.15) is 0 Å². The van der Waals surface area contributed by atoms with Gasteiger partial charge in [0.15, 0.2) is 0 Å². The molecule has 12 heavy (non-hydrogen) atoms. The van der Waals surface area contributed by atoms with Crippen LogP contribution < -0.4 is 5.73 Å². The van der Waals surface area contributed by atoms with Crippen LogP contribution in [0.3, 0.4) is 0 Å². The molecule has 2 atom stereocenters. The standard InChI is InChI=1S/C11H19N/c1-7-9-2-8-3-10(7)6-11(12,4-8)5-9/h7-10H,2-6,12H2,1H3. The highest BCUT2D eigenvalue weighted by molar-refractivity contribution is 5.06. The van der Waals surface area contributed by atoms with Crippen molar-refractivity contribution in [2.45, 2.75) is 44.6 Å². The van der Waals surface area contributed by atoms with Gasteiger partial charge in [-0.1, -0.05) is 6.92 Å². The third-order valence-corrected chi connectivity index (χ3v) is 4.79.